The Bertz CT molecular complexity index is 750. The summed E-state index contributed by atoms with van der Waals surface area (Å²) in [5.74, 6) is -1.06. The zero-order valence-electron chi connectivity index (χ0n) is 14.9. The highest BCUT2D eigenvalue weighted by atomic mass is 79.9. The number of hydrogen-bond donors (Lipinski definition) is 1. The lowest BCUT2D eigenvalue weighted by Crippen LogP contribution is -3.00. The van der Waals surface area contributed by atoms with Gasteiger partial charge in [-0.1, -0.05) is 18.2 Å². The number of ether oxygens (including phenoxy) is 2. The Morgan fingerprint density at radius 2 is 1.63 bits per heavy atom. The number of carbonyl (C=O) groups is 3. The highest BCUT2D eigenvalue weighted by molar-refractivity contribution is 5.94. The molecule has 1 aromatic heterocycles. The Hall–Kier alpha value is -2.74. The summed E-state index contributed by atoms with van der Waals surface area (Å²) in [6.45, 7) is 2.44. The fourth-order valence-electron chi connectivity index (χ4n) is 2.14. The van der Waals surface area contributed by atoms with Crippen LogP contribution in [0.3, 0.4) is 0 Å². The number of rotatable bonds is 8. The predicted molar refractivity (Wildman–Crippen MR) is 92.3 cm³/mol. The second-order valence-corrected chi connectivity index (χ2v) is 5.32. The standard InChI is InChI=1S/C19H20N2O5.BrH/c1-2-25-17(22)14-21-11-8-15(9-12-21)18(23)20-10-13-26-19(24)16-6-4-3-5-7-16;/h3-9,11-12H,2,10,13-14H2,1H3;1H. The highest BCUT2D eigenvalue weighted by Gasteiger charge is 2.12. The number of nitrogens with one attached hydrogen (secondary N) is 1. The van der Waals surface area contributed by atoms with Gasteiger partial charge in [0.2, 0.25) is 6.54 Å². The molecule has 0 fully saturated rings. The van der Waals surface area contributed by atoms with Gasteiger partial charge in [-0.3, -0.25) is 4.79 Å². The van der Waals surface area contributed by atoms with Crippen molar-refractivity contribution in [1.82, 2.24) is 5.32 Å². The van der Waals surface area contributed by atoms with Gasteiger partial charge in [0.15, 0.2) is 12.4 Å². The van der Waals surface area contributed by atoms with Crippen molar-refractivity contribution in [2.45, 2.75) is 13.5 Å². The molecule has 1 amide bonds. The highest BCUT2D eigenvalue weighted by Crippen LogP contribution is 2.00. The first-order valence-corrected chi connectivity index (χ1v) is 8.25. The van der Waals surface area contributed by atoms with E-state index in [1.54, 1.807) is 60.3 Å². The van der Waals surface area contributed by atoms with Crippen LogP contribution in [0.1, 0.15) is 27.6 Å². The summed E-state index contributed by atoms with van der Waals surface area (Å²) in [6.07, 6.45) is 3.25. The van der Waals surface area contributed by atoms with E-state index in [9.17, 15) is 14.4 Å². The van der Waals surface area contributed by atoms with Crippen LogP contribution < -0.4 is 26.9 Å². The van der Waals surface area contributed by atoms with Crippen LogP contribution in [0.5, 0.6) is 0 Å². The molecule has 0 radical (unpaired) electrons. The van der Waals surface area contributed by atoms with E-state index in [4.69, 9.17) is 9.47 Å². The number of benzene rings is 1. The SMILES string of the molecule is CCOC(=O)C[n+]1ccc(C(=O)NCCOC(=O)c2ccccc2)cc1.[Br-]. The average molecular weight is 437 g/mol. The number of pyridine rings is 1. The molecule has 0 aliphatic carbocycles. The Morgan fingerprint density at radius 3 is 2.26 bits per heavy atom. The third kappa shape index (κ3) is 7.57. The first-order chi connectivity index (χ1) is 12.6. The molecule has 0 aliphatic heterocycles. The van der Waals surface area contributed by atoms with Crippen molar-refractivity contribution in [2.75, 3.05) is 19.8 Å². The van der Waals surface area contributed by atoms with Gasteiger partial charge in [0.05, 0.1) is 24.3 Å². The topological polar surface area (TPSA) is 85.6 Å². The minimum Gasteiger partial charge on any atom is -1.00 e. The summed E-state index contributed by atoms with van der Waals surface area (Å²) in [5, 5.41) is 2.67. The van der Waals surface area contributed by atoms with E-state index >= 15 is 0 Å². The molecule has 0 spiro atoms. The lowest BCUT2D eigenvalue weighted by molar-refractivity contribution is -0.686. The summed E-state index contributed by atoms with van der Waals surface area (Å²) in [4.78, 5) is 35.2. The molecule has 0 unspecified atom stereocenters. The van der Waals surface area contributed by atoms with E-state index in [0.717, 1.165) is 0 Å². The van der Waals surface area contributed by atoms with Crippen LogP contribution in [0.15, 0.2) is 54.9 Å². The zero-order valence-corrected chi connectivity index (χ0v) is 16.5. The van der Waals surface area contributed by atoms with E-state index in [1.807, 2.05) is 6.07 Å². The van der Waals surface area contributed by atoms with Crippen molar-refractivity contribution in [3.05, 3.63) is 66.0 Å². The van der Waals surface area contributed by atoms with Crippen molar-refractivity contribution in [3.63, 3.8) is 0 Å². The molecule has 27 heavy (non-hydrogen) atoms. The Labute approximate surface area is 168 Å². The molecule has 2 aromatic rings. The van der Waals surface area contributed by atoms with Gasteiger partial charge >= 0.3 is 11.9 Å². The molecular formula is C19H21BrN2O5. The summed E-state index contributed by atoms with van der Waals surface area (Å²) < 4.78 is 11.6. The molecule has 8 heteroatoms. The Kier molecular flexibility index (Phi) is 9.74. The van der Waals surface area contributed by atoms with Crippen LogP contribution in [-0.4, -0.2) is 37.6 Å². The van der Waals surface area contributed by atoms with Crippen LogP contribution in [0.2, 0.25) is 0 Å². The number of esters is 2. The van der Waals surface area contributed by atoms with Gasteiger partial charge in [0.25, 0.3) is 5.91 Å². The van der Waals surface area contributed by atoms with Crippen molar-refractivity contribution < 1.29 is 45.4 Å². The second-order valence-electron chi connectivity index (χ2n) is 5.32. The fourth-order valence-corrected chi connectivity index (χ4v) is 2.14. The van der Waals surface area contributed by atoms with Crippen molar-refractivity contribution in [2.24, 2.45) is 0 Å². The minimum atomic E-state index is -0.431. The number of carbonyl (C=O) groups excluding carboxylic acids is 3. The van der Waals surface area contributed by atoms with E-state index in [-0.39, 0.29) is 48.6 Å². The summed E-state index contributed by atoms with van der Waals surface area (Å²) >= 11 is 0. The first kappa shape index (κ1) is 22.3. The lowest BCUT2D eigenvalue weighted by atomic mass is 10.2. The first-order valence-electron chi connectivity index (χ1n) is 8.25. The van der Waals surface area contributed by atoms with Gasteiger partial charge in [-0.15, -0.1) is 0 Å². The van der Waals surface area contributed by atoms with E-state index < -0.39 is 5.97 Å². The van der Waals surface area contributed by atoms with E-state index in [2.05, 4.69) is 5.32 Å². The minimum absolute atomic E-state index is 0. The van der Waals surface area contributed by atoms with Gasteiger partial charge < -0.3 is 31.8 Å². The number of halogens is 1. The maximum Gasteiger partial charge on any atom is 0.372 e. The monoisotopic (exact) mass is 436 g/mol. The third-order valence-electron chi connectivity index (χ3n) is 3.40. The van der Waals surface area contributed by atoms with Crippen LogP contribution in [-0.2, 0) is 20.8 Å². The van der Waals surface area contributed by atoms with Crippen LogP contribution in [0.25, 0.3) is 0 Å². The molecule has 1 aromatic carbocycles. The molecule has 2 rings (SSSR count). The van der Waals surface area contributed by atoms with Crippen LogP contribution in [0, 0.1) is 0 Å². The maximum absolute atomic E-state index is 12.0. The Morgan fingerprint density at radius 1 is 0.963 bits per heavy atom. The smallest absolute Gasteiger partial charge is 0.372 e. The number of amides is 1. The molecule has 7 nitrogen and oxygen atoms in total. The second kappa shape index (κ2) is 11.8. The van der Waals surface area contributed by atoms with Crippen LogP contribution in [0.4, 0.5) is 0 Å². The van der Waals surface area contributed by atoms with Gasteiger partial charge in [-0.25, -0.2) is 9.59 Å². The average Bonchev–Trinajstić information content (AvgIpc) is 2.66. The van der Waals surface area contributed by atoms with Gasteiger partial charge in [-0.05, 0) is 19.1 Å². The maximum atomic E-state index is 12.0. The predicted octanol–water partition coefficient (Wildman–Crippen LogP) is -1.87. The van der Waals surface area contributed by atoms with Crippen molar-refractivity contribution in [3.8, 4) is 0 Å². The molecule has 1 N–H and O–H groups in total. The molecule has 0 aliphatic rings. The van der Waals surface area contributed by atoms with Gasteiger partial charge in [0.1, 0.15) is 6.61 Å². The molecule has 0 atom stereocenters. The number of aromatic nitrogens is 1. The van der Waals surface area contributed by atoms with Crippen molar-refractivity contribution >= 4 is 17.8 Å². The number of hydrogen-bond acceptors (Lipinski definition) is 5. The fraction of sp³-hybridized carbons (Fsp3) is 0.263. The van der Waals surface area contributed by atoms with Gasteiger partial charge in [0, 0.05) is 12.1 Å². The summed E-state index contributed by atoms with van der Waals surface area (Å²) in [7, 11) is 0. The summed E-state index contributed by atoms with van der Waals surface area (Å²) in [6, 6.07) is 11.8. The molecule has 0 saturated carbocycles. The lowest BCUT2D eigenvalue weighted by Gasteiger charge is -2.06. The Balaban J connectivity index is 0.00000364. The van der Waals surface area contributed by atoms with Crippen LogP contribution >= 0.6 is 0 Å². The molecule has 0 saturated heterocycles. The zero-order chi connectivity index (χ0) is 18.8. The van der Waals surface area contributed by atoms with Crippen molar-refractivity contribution in [1.29, 1.82) is 0 Å². The normalized spacial score (nSPS) is 9.67. The quantitative estimate of drug-likeness (QED) is 0.297. The van der Waals surface area contributed by atoms with Gasteiger partial charge in [-0.2, -0.15) is 4.57 Å². The largest absolute Gasteiger partial charge is 1.00 e. The summed E-state index contributed by atoms with van der Waals surface area (Å²) in [5.41, 5.74) is 0.910. The molecular weight excluding hydrogens is 416 g/mol. The number of nitrogens with zero attached hydrogens (tertiary/aromatic N) is 1. The third-order valence-corrected chi connectivity index (χ3v) is 3.40. The molecule has 1 heterocycles. The molecule has 144 valence electrons. The van der Waals surface area contributed by atoms with E-state index in [0.29, 0.717) is 17.7 Å². The van der Waals surface area contributed by atoms with E-state index in [1.165, 1.54) is 0 Å². The molecule has 0 bridgehead atoms.